The predicted octanol–water partition coefficient (Wildman–Crippen LogP) is 3.50. The molecule has 0 fully saturated rings. The molecule has 0 spiro atoms. The minimum absolute atomic E-state index is 0.141. The largest absolute Gasteiger partial charge is 0.508 e. The molecule has 3 N–H and O–H groups in total. The number of benzene rings is 2. The maximum absolute atomic E-state index is 12.3. The summed E-state index contributed by atoms with van der Waals surface area (Å²) in [5.74, 6) is 0.720. The lowest BCUT2D eigenvalue weighted by molar-refractivity contribution is 0.0954. The van der Waals surface area contributed by atoms with Crippen molar-refractivity contribution in [1.29, 1.82) is 0 Å². The van der Waals surface area contributed by atoms with Crippen LogP contribution in [-0.4, -0.2) is 22.5 Å². The number of phenols is 1. The van der Waals surface area contributed by atoms with Crippen molar-refractivity contribution in [2.24, 2.45) is 0 Å². The fourth-order valence-corrected chi connectivity index (χ4v) is 2.39. The predicted molar refractivity (Wildman–Crippen MR) is 98.1 cm³/mol. The van der Waals surface area contributed by atoms with Crippen LogP contribution in [0.4, 0.5) is 11.5 Å². The maximum atomic E-state index is 12.3. The van der Waals surface area contributed by atoms with Crippen LogP contribution in [0.15, 0.2) is 72.9 Å². The first kappa shape index (κ1) is 16.5. The van der Waals surface area contributed by atoms with E-state index in [1.165, 1.54) is 0 Å². The van der Waals surface area contributed by atoms with Gasteiger partial charge in [-0.25, -0.2) is 4.98 Å². The molecular formula is C20H19N3O2. The Bertz CT molecular complexity index is 833. The molecule has 0 aliphatic carbocycles. The van der Waals surface area contributed by atoms with Gasteiger partial charge in [-0.1, -0.05) is 30.3 Å². The molecule has 3 aromatic rings. The number of rotatable bonds is 6. The highest BCUT2D eigenvalue weighted by Crippen LogP contribution is 2.15. The summed E-state index contributed by atoms with van der Waals surface area (Å²) in [5.41, 5.74) is 2.53. The van der Waals surface area contributed by atoms with E-state index >= 15 is 0 Å². The van der Waals surface area contributed by atoms with Crippen LogP contribution in [0.25, 0.3) is 0 Å². The van der Waals surface area contributed by atoms with Crippen molar-refractivity contribution < 1.29 is 9.90 Å². The first-order valence-electron chi connectivity index (χ1n) is 8.05. The van der Waals surface area contributed by atoms with Crippen molar-refractivity contribution in [2.75, 3.05) is 11.9 Å². The number of carbonyl (C=O) groups excluding carboxylic acids is 1. The minimum atomic E-state index is -0.141. The van der Waals surface area contributed by atoms with Crippen molar-refractivity contribution in [3.8, 4) is 5.75 Å². The summed E-state index contributed by atoms with van der Waals surface area (Å²) in [6, 6.07) is 20.1. The summed E-state index contributed by atoms with van der Waals surface area (Å²) in [6.07, 6.45) is 2.31. The van der Waals surface area contributed by atoms with E-state index in [9.17, 15) is 9.90 Å². The number of aromatic hydroxyl groups is 1. The number of phenolic OH excluding ortho intramolecular Hbond substituents is 1. The third-order valence-corrected chi connectivity index (χ3v) is 3.70. The van der Waals surface area contributed by atoms with E-state index in [1.54, 1.807) is 30.5 Å². The molecule has 1 amide bonds. The molecule has 5 nitrogen and oxygen atoms in total. The highest BCUT2D eigenvalue weighted by atomic mass is 16.3. The number of nitrogens with one attached hydrogen (secondary N) is 2. The second-order valence-corrected chi connectivity index (χ2v) is 5.59. The fourth-order valence-electron chi connectivity index (χ4n) is 2.39. The second-order valence-electron chi connectivity index (χ2n) is 5.59. The number of carbonyl (C=O) groups is 1. The lowest BCUT2D eigenvalue weighted by atomic mass is 10.1. The summed E-state index contributed by atoms with van der Waals surface area (Å²) in [5, 5.41) is 15.3. The topological polar surface area (TPSA) is 74.2 Å². The molecule has 0 bridgehead atoms. The smallest absolute Gasteiger partial charge is 0.251 e. The molecule has 1 heterocycles. The summed E-state index contributed by atoms with van der Waals surface area (Å²) >= 11 is 0. The molecule has 0 aliphatic rings. The third-order valence-electron chi connectivity index (χ3n) is 3.70. The number of para-hydroxylation sites is 1. The Morgan fingerprint density at radius 1 is 1.00 bits per heavy atom. The van der Waals surface area contributed by atoms with Crippen LogP contribution < -0.4 is 10.6 Å². The van der Waals surface area contributed by atoms with E-state index in [0.29, 0.717) is 24.3 Å². The first-order chi connectivity index (χ1) is 12.2. The Morgan fingerprint density at radius 3 is 2.52 bits per heavy atom. The van der Waals surface area contributed by atoms with Gasteiger partial charge >= 0.3 is 0 Å². The number of pyridine rings is 1. The summed E-state index contributed by atoms with van der Waals surface area (Å²) in [7, 11) is 0. The SMILES string of the molecule is O=C(NCCc1ccc(O)cc1)c1ccnc(Nc2ccccc2)c1. The Kier molecular flexibility index (Phi) is 5.26. The van der Waals surface area contributed by atoms with Crippen LogP contribution in [0, 0.1) is 0 Å². The monoisotopic (exact) mass is 333 g/mol. The standard InChI is InChI=1S/C20H19N3O2/c24-18-8-6-15(7-9-18)10-12-22-20(25)16-11-13-21-19(14-16)23-17-4-2-1-3-5-17/h1-9,11,13-14,24H,10,12H2,(H,21,23)(H,22,25). The second kappa shape index (κ2) is 7.97. The van der Waals surface area contributed by atoms with Gasteiger partial charge in [-0.3, -0.25) is 4.79 Å². The highest BCUT2D eigenvalue weighted by molar-refractivity contribution is 5.94. The average Bonchev–Trinajstić information content (AvgIpc) is 2.64. The molecule has 0 unspecified atom stereocenters. The van der Waals surface area contributed by atoms with Gasteiger partial charge in [-0.2, -0.15) is 0 Å². The zero-order chi connectivity index (χ0) is 17.5. The van der Waals surface area contributed by atoms with E-state index in [2.05, 4.69) is 15.6 Å². The van der Waals surface area contributed by atoms with Crippen LogP contribution in [0.3, 0.4) is 0 Å². The van der Waals surface area contributed by atoms with E-state index in [0.717, 1.165) is 11.3 Å². The molecule has 2 aromatic carbocycles. The molecule has 0 aliphatic heterocycles. The zero-order valence-electron chi connectivity index (χ0n) is 13.6. The molecule has 3 rings (SSSR count). The number of hydrogen-bond donors (Lipinski definition) is 3. The lowest BCUT2D eigenvalue weighted by Gasteiger charge is -2.08. The van der Waals surface area contributed by atoms with Crippen LogP contribution in [0.5, 0.6) is 5.75 Å². The first-order valence-corrected chi connectivity index (χ1v) is 8.05. The Morgan fingerprint density at radius 2 is 1.76 bits per heavy atom. The molecule has 25 heavy (non-hydrogen) atoms. The number of hydrogen-bond acceptors (Lipinski definition) is 4. The van der Waals surface area contributed by atoms with Crippen LogP contribution in [0.1, 0.15) is 15.9 Å². The van der Waals surface area contributed by atoms with E-state index in [-0.39, 0.29) is 11.7 Å². The Hall–Kier alpha value is -3.34. The third kappa shape index (κ3) is 4.81. The van der Waals surface area contributed by atoms with Crippen molar-refractivity contribution in [3.63, 3.8) is 0 Å². The van der Waals surface area contributed by atoms with Crippen LogP contribution in [-0.2, 0) is 6.42 Å². The number of amides is 1. The molecule has 126 valence electrons. The van der Waals surface area contributed by atoms with Crippen molar-refractivity contribution in [2.45, 2.75) is 6.42 Å². The van der Waals surface area contributed by atoms with Gasteiger partial charge in [-0.05, 0) is 48.4 Å². The van der Waals surface area contributed by atoms with Crippen molar-refractivity contribution in [3.05, 3.63) is 84.1 Å². The molecular weight excluding hydrogens is 314 g/mol. The molecule has 0 radical (unpaired) electrons. The van der Waals surface area contributed by atoms with Gasteiger partial charge < -0.3 is 15.7 Å². The van der Waals surface area contributed by atoms with Gasteiger partial charge in [-0.15, -0.1) is 0 Å². The van der Waals surface area contributed by atoms with Gasteiger partial charge in [0.05, 0.1) is 0 Å². The van der Waals surface area contributed by atoms with Crippen molar-refractivity contribution >= 4 is 17.4 Å². The minimum Gasteiger partial charge on any atom is -0.508 e. The summed E-state index contributed by atoms with van der Waals surface area (Å²) < 4.78 is 0. The van der Waals surface area contributed by atoms with E-state index < -0.39 is 0 Å². The molecule has 0 saturated carbocycles. The number of anilines is 2. The fraction of sp³-hybridized carbons (Fsp3) is 0.100. The summed E-state index contributed by atoms with van der Waals surface area (Å²) in [6.45, 7) is 0.521. The normalized spacial score (nSPS) is 10.2. The summed E-state index contributed by atoms with van der Waals surface area (Å²) in [4.78, 5) is 16.5. The highest BCUT2D eigenvalue weighted by Gasteiger charge is 2.07. The van der Waals surface area contributed by atoms with Crippen LogP contribution in [0.2, 0.25) is 0 Å². The van der Waals surface area contributed by atoms with E-state index in [4.69, 9.17) is 0 Å². The Labute approximate surface area is 146 Å². The van der Waals surface area contributed by atoms with Gasteiger partial charge in [0.25, 0.3) is 5.91 Å². The molecule has 1 aromatic heterocycles. The van der Waals surface area contributed by atoms with Crippen LogP contribution >= 0.6 is 0 Å². The molecule has 5 heteroatoms. The van der Waals surface area contributed by atoms with Gasteiger partial charge in [0, 0.05) is 24.0 Å². The van der Waals surface area contributed by atoms with Gasteiger partial charge in [0.2, 0.25) is 0 Å². The molecule has 0 atom stereocenters. The number of nitrogens with zero attached hydrogens (tertiary/aromatic N) is 1. The lowest BCUT2D eigenvalue weighted by Crippen LogP contribution is -2.25. The molecule has 0 saturated heterocycles. The number of aromatic nitrogens is 1. The van der Waals surface area contributed by atoms with Gasteiger partial charge in [0.1, 0.15) is 11.6 Å². The quantitative estimate of drug-likeness (QED) is 0.645. The van der Waals surface area contributed by atoms with Gasteiger partial charge in [0.15, 0.2) is 0 Å². The zero-order valence-corrected chi connectivity index (χ0v) is 13.6. The van der Waals surface area contributed by atoms with E-state index in [1.807, 2.05) is 42.5 Å². The Balaban J connectivity index is 1.56. The maximum Gasteiger partial charge on any atom is 0.251 e. The van der Waals surface area contributed by atoms with Crippen molar-refractivity contribution in [1.82, 2.24) is 10.3 Å². The average molecular weight is 333 g/mol.